The first-order chi connectivity index (χ1) is 9.29. The lowest BCUT2D eigenvalue weighted by Crippen LogP contribution is -2.09. The summed E-state index contributed by atoms with van der Waals surface area (Å²) in [6.45, 7) is 0.791. The average molecular weight is 258 g/mol. The van der Waals surface area contributed by atoms with Gasteiger partial charge in [-0.1, -0.05) is 42.5 Å². The van der Waals surface area contributed by atoms with Crippen molar-refractivity contribution in [1.82, 2.24) is 0 Å². The van der Waals surface area contributed by atoms with Gasteiger partial charge in [0.2, 0.25) is 0 Å². The van der Waals surface area contributed by atoms with E-state index >= 15 is 0 Å². The highest BCUT2D eigenvalue weighted by Crippen LogP contribution is 2.17. The molecule has 1 N–H and O–H groups in total. The maximum Gasteiger partial charge on any atom is 0.119 e. The van der Waals surface area contributed by atoms with E-state index in [9.17, 15) is 5.11 Å². The van der Waals surface area contributed by atoms with Crippen molar-refractivity contribution in [3.63, 3.8) is 0 Å². The third kappa shape index (κ3) is 4.09. The van der Waals surface area contributed by atoms with Crippen LogP contribution in [0.1, 0.15) is 17.2 Å². The van der Waals surface area contributed by atoms with Gasteiger partial charge in [0, 0.05) is 7.11 Å². The number of aliphatic hydroxyl groups is 1. The molecule has 2 aromatic carbocycles. The van der Waals surface area contributed by atoms with Gasteiger partial charge in [-0.3, -0.25) is 0 Å². The molecule has 19 heavy (non-hydrogen) atoms. The Hall–Kier alpha value is -1.84. The van der Waals surface area contributed by atoms with Gasteiger partial charge in [-0.05, 0) is 23.3 Å². The van der Waals surface area contributed by atoms with Crippen LogP contribution in [-0.2, 0) is 11.3 Å². The molecule has 0 saturated carbocycles. The summed E-state index contributed by atoms with van der Waals surface area (Å²) < 4.78 is 10.7. The first-order valence-corrected chi connectivity index (χ1v) is 6.23. The van der Waals surface area contributed by atoms with Crippen molar-refractivity contribution in [2.45, 2.75) is 12.7 Å². The van der Waals surface area contributed by atoms with Gasteiger partial charge in [0.05, 0.1) is 6.61 Å². The summed E-state index contributed by atoms with van der Waals surface area (Å²) in [5.74, 6) is 0.740. The van der Waals surface area contributed by atoms with Gasteiger partial charge in [-0.25, -0.2) is 0 Å². The molecule has 0 fully saturated rings. The third-order valence-electron chi connectivity index (χ3n) is 2.80. The molecule has 0 bridgehead atoms. The number of aliphatic hydroxyl groups excluding tert-OH is 1. The van der Waals surface area contributed by atoms with Crippen LogP contribution in [-0.4, -0.2) is 18.8 Å². The van der Waals surface area contributed by atoms with Crippen molar-refractivity contribution in [3.8, 4) is 5.75 Å². The minimum absolute atomic E-state index is 0.237. The second-order valence-corrected chi connectivity index (χ2v) is 4.32. The lowest BCUT2D eigenvalue weighted by Gasteiger charge is -2.13. The van der Waals surface area contributed by atoms with Crippen molar-refractivity contribution < 1.29 is 14.6 Å². The van der Waals surface area contributed by atoms with Gasteiger partial charge < -0.3 is 14.6 Å². The molecule has 2 rings (SSSR count). The van der Waals surface area contributed by atoms with Crippen LogP contribution in [0.5, 0.6) is 5.75 Å². The number of hydrogen-bond donors (Lipinski definition) is 1. The molecule has 0 aliphatic carbocycles. The fourth-order valence-electron chi connectivity index (χ4n) is 1.84. The molecule has 0 heterocycles. The van der Waals surface area contributed by atoms with Gasteiger partial charge in [-0.15, -0.1) is 0 Å². The molecule has 0 amide bonds. The standard InChI is InChI=1S/C16H18O3/c1-18-11-13-6-5-9-15(10-13)19-12-16(17)14-7-3-2-4-8-14/h2-10,16-17H,11-12H2,1H3/t16-/m0/s1. The topological polar surface area (TPSA) is 38.7 Å². The van der Waals surface area contributed by atoms with Crippen LogP contribution in [0.3, 0.4) is 0 Å². The first kappa shape index (κ1) is 13.6. The molecule has 100 valence electrons. The van der Waals surface area contributed by atoms with Gasteiger partial charge in [0.15, 0.2) is 0 Å². The summed E-state index contributed by atoms with van der Waals surface area (Å²) in [7, 11) is 1.66. The smallest absolute Gasteiger partial charge is 0.119 e. The van der Waals surface area contributed by atoms with Crippen LogP contribution in [0.2, 0.25) is 0 Å². The number of benzene rings is 2. The van der Waals surface area contributed by atoms with E-state index < -0.39 is 6.10 Å². The minimum Gasteiger partial charge on any atom is -0.491 e. The minimum atomic E-state index is -0.618. The Bertz CT molecular complexity index is 496. The van der Waals surface area contributed by atoms with Crippen LogP contribution in [0.4, 0.5) is 0 Å². The molecular weight excluding hydrogens is 240 g/mol. The van der Waals surface area contributed by atoms with Gasteiger partial charge in [-0.2, -0.15) is 0 Å². The fraction of sp³-hybridized carbons (Fsp3) is 0.250. The Morgan fingerprint density at radius 2 is 1.84 bits per heavy atom. The molecule has 0 aliphatic heterocycles. The fourth-order valence-corrected chi connectivity index (χ4v) is 1.84. The van der Waals surface area contributed by atoms with Crippen LogP contribution in [0, 0.1) is 0 Å². The van der Waals surface area contributed by atoms with E-state index in [-0.39, 0.29) is 6.61 Å². The Morgan fingerprint density at radius 1 is 1.05 bits per heavy atom. The largest absolute Gasteiger partial charge is 0.491 e. The van der Waals surface area contributed by atoms with Crippen molar-refractivity contribution in [1.29, 1.82) is 0 Å². The van der Waals surface area contributed by atoms with E-state index in [1.54, 1.807) is 7.11 Å². The number of hydrogen-bond acceptors (Lipinski definition) is 3. The summed E-state index contributed by atoms with van der Waals surface area (Å²) in [6, 6.07) is 17.2. The zero-order valence-corrected chi connectivity index (χ0v) is 11.0. The molecule has 0 aliphatic rings. The summed E-state index contributed by atoms with van der Waals surface area (Å²) in [5.41, 5.74) is 1.91. The second-order valence-electron chi connectivity index (χ2n) is 4.32. The van der Waals surface area contributed by atoms with E-state index in [1.807, 2.05) is 54.6 Å². The monoisotopic (exact) mass is 258 g/mol. The highest BCUT2D eigenvalue weighted by Gasteiger charge is 2.07. The highest BCUT2D eigenvalue weighted by atomic mass is 16.5. The van der Waals surface area contributed by atoms with E-state index in [0.717, 1.165) is 16.9 Å². The number of ether oxygens (including phenoxy) is 2. The summed E-state index contributed by atoms with van der Waals surface area (Å²) in [4.78, 5) is 0. The molecule has 0 aromatic heterocycles. The molecule has 2 aromatic rings. The van der Waals surface area contributed by atoms with Crippen molar-refractivity contribution in [2.24, 2.45) is 0 Å². The highest BCUT2D eigenvalue weighted by molar-refractivity contribution is 5.28. The van der Waals surface area contributed by atoms with Crippen LogP contribution >= 0.6 is 0 Å². The van der Waals surface area contributed by atoms with Gasteiger partial charge in [0.1, 0.15) is 18.5 Å². The Morgan fingerprint density at radius 3 is 2.58 bits per heavy atom. The molecule has 0 saturated heterocycles. The van der Waals surface area contributed by atoms with Crippen molar-refractivity contribution in [2.75, 3.05) is 13.7 Å². The zero-order valence-electron chi connectivity index (χ0n) is 11.0. The predicted octanol–water partition coefficient (Wildman–Crippen LogP) is 2.95. The Labute approximate surface area is 113 Å². The van der Waals surface area contributed by atoms with Crippen molar-refractivity contribution >= 4 is 0 Å². The van der Waals surface area contributed by atoms with Crippen molar-refractivity contribution in [3.05, 3.63) is 65.7 Å². The van der Waals surface area contributed by atoms with Crippen LogP contribution in [0.15, 0.2) is 54.6 Å². The van der Waals surface area contributed by atoms with Gasteiger partial charge in [0.25, 0.3) is 0 Å². The Balaban J connectivity index is 1.93. The summed E-state index contributed by atoms with van der Waals surface area (Å²) in [6.07, 6.45) is -0.618. The van der Waals surface area contributed by atoms with Crippen LogP contribution in [0.25, 0.3) is 0 Å². The molecule has 3 heteroatoms. The van der Waals surface area contributed by atoms with E-state index in [2.05, 4.69) is 0 Å². The maximum atomic E-state index is 10.0. The predicted molar refractivity (Wildman–Crippen MR) is 74.1 cm³/mol. The maximum absolute atomic E-state index is 10.0. The lowest BCUT2D eigenvalue weighted by molar-refractivity contribution is 0.108. The summed E-state index contributed by atoms with van der Waals surface area (Å²) >= 11 is 0. The van der Waals surface area contributed by atoms with E-state index in [0.29, 0.717) is 6.61 Å². The lowest BCUT2D eigenvalue weighted by atomic mass is 10.1. The normalized spacial score (nSPS) is 12.1. The molecule has 1 atom stereocenters. The number of rotatable bonds is 6. The molecule has 0 spiro atoms. The number of methoxy groups -OCH3 is 1. The zero-order chi connectivity index (χ0) is 13.5. The molecule has 0 unspecified atom stereocenters. The summed E-state index contributed by atoms with van der Waals surface area (Å²) in [5, 5.41) is 10.0. The van der Waals surface area contributed by atoms with E-state index in [4.69, 9.17) is 9.47 Å². The Kier molecular flexibility index (Phi) is 4.95. The second kappa shape index (κ2) is 6.92. The quantitative estimate of drug-likeness (QED) is 0.865. The van der Waals surface area contributed by atoms with Crippen LogP contribution < -0.4 is 4.74 Å². The van der Waals surface area contributed by atoms with E-state index in [1.165, 1.54) is 0 Å². The molecule has 0 radical (unpaired) electrons. The molecule has 3 nitrogen and oxygen atoms in total. The van der Waals surface area contributed by atoms with Gasteiger partial charge >= 0.3 is 0 Å². The average Bonchev–Trinajstić information content (AvgIpc) is 2.46. The third-order valence-corrected chi connectivity index (χ3v) is 2.80. The first-order valence-electron chi connectivity index (χ1n) is 6.23. The SMILES string of the molecule is COCc1cccc(OC[C@H](O)c2ccccc2)c1. The molecular formula is C16H18O3.